The van der Waals surface area contributed by atoms with Gasteiger partial charge in [-0.1, -0.05) is 0 Å². The molecule has 0 saturated heterocycles. The molecule has 0 aliphatic heterocycles. The molecule has 1 heterocycles. The van der Waals surface area contributed by atoms with E-state index < -0.39 is 5.82 Å². The van der Waals surface area contributed by atoms with Crippen LogP contribution in [0.5, 0.6) is 0 Å². The summed E-state index contributed by atoms with van der Waals surface area (Å²) in [5.41, 5.74) is 1.88. The first-order chi connectivity index (χ1) is 6.69. The summed E-state index contributed by atoms with van der Waals surface area (Å²) in [5, 5.41) is 2.33. The zero-order valence-corrected chi connectivity index (χ0v) is 8.82. The van der Waals surface area contributed by atoms with E-state index in [0.717, 1.165) is 6.07 Å². The van der Waals surface area contributed by atoms with E-state index in [1.54, 1.807) is 0 Å². The van der Waals surface area contributed by atoms with Gasteiger partial charge < -0.3 is 0 Å². The molecule has 5 nitrogen and oxygen atoms in total. The van der Waals surface area contributed by atoms with Crippen LogP contribution in [0.15, 0.2) is 16.0 Å². The van der Waals surface area contributed by atoms with Crippen LogP contribution in [0.4, 0.5) is 19.8 Å². The van der Waals surface area contributed by atoms with Crippen LogP contribution in [0.25, 0.3) is 0 Å². The lowest BCUT2D eigenvalue weighted by Crippen LogP contribution is -1.98. The Morgan fingerprint density at radius 1 is 1.64 bits per heavy atom. The second-order valence-electron chi connectivity index (χ2n) is 2.04. The SMILES string of the molecule is O=NNc1cc(F)c(Br)nc1NSF. The van der Waals surface area contributed by atoms with E-state index in [1.165, 1.54) is 0 Å². The number of nitrogens with zero attached hydrogens (tertiary/aromatic N) is 2. The molecule has 0 fully saturated rings. The van der Waals surface area contributed by atoms with Crippen LogP contribution in [0.2, 0.25) is 0 Å². The van der Waals surface area contributed by atoms with Crippen molar-refractivity contribution in [2.75, 3.05) is 10.1 Å². The maximum Gasteiger partial charge on any atom is 0.164 e. The van der Waals surface area contributed by atoms with Crippen LogP contribution in [0.1, 0.15) is 0 Å². The first-order valence-corrected chi connectivity index (χ1v) is 4.68. The molecular weight excluding hydrogens is 282 g/mol. The molecule has 0 saturated carbocycles. The van der Waals surface area contributed by atoms with Gasteiger partial charge in [0.1, 0.15) is 10.3 Å². The lowest BCUT2D eigenvalue weighted by molar-refractivity contribution is 0.614. The van der Waals surface area contributed by atoms with Crippen molar-refractivity contribution in [2.45, 2.75) is 0 Å². The summed E-state index contributed by atoms with van der Waals surface area (Å²) in [6.45, 7) is 0. The van der Waals surface area contributed by atoms with Crippen LogP contribution >= 0.6 is 28.3 Å². The highest BCUT2D eigenvalue weighted by atomic mass is 79.9. The van der Waals surface area contributed by atoms with Crippen molar-refractivity contribution in [1.29, 1.82) is 0 Å². The Morgan fingerprint density at radius 2 is 2.36 bits per heavy atom. The molecule has 0 aliphatic rings. The number of pyridine rings is 1. The molecule has 0 bridgehead atoms. The molecule has 0 aromatic carbocycles. The van der Waals surface area contributed by atoms with Crippen LogP contribution in [0, 0.1) is 10.7 Å². The number of hydrogen-bond acceptors (Lipinski definition) is 5. The number of nitroso groups, excluding NO2 is 1. The maximum atomic E-state index is 12.9. The summed E-state index contributed by atoms with van der Waals surface area (Å²) < 4.78 is 26.8. The molecule has 0 spiro atoms. The minimum Gasteiger partial charge on any atom is -0.285 e. The van der Waals surface area contributed by atoms with Crippen molar-refractivity contribution in [3.05, 3.63) is 21.4 Å². The van der Waals surface area contributed by atoms with Gasteiger partial charge in [-0.3, -0.25) is 4.72 Å². The van der Waals surface area contributed by atoms with Crippen molar-refractivity contribution < 1.29 is 8.28 Å². The summed E-state index contributed by atoms with van der Waals surface area (Å²) in [7, 11) is 0. The zero-order chi connectivity index (χ0) is 10.6. The van der Waals surface area contributed by atoms with E-state index in [9.17, 15) is 13.2 Å². The van der Waals surface area contributed by atoms with Gasteiger partial charge >= 0.3 is 0 Å². The first-order valence-electron chi connectivity index (χ1n) is 3.17. The third-order valence-corrected chi connectivity index (χ3v) is 2.06. The van der Waals surface area contributed by atoms with Crippen LogP contribution in [-0.4, -0.2) is 4.98 Å². The number of hydrogen-bond donors (Lipinski definition) is 2. The molecule has 0 unspecified atom stereocenters. The summed E-state index contributed by atoms with van der Waals surface area (Å²) in [6, 6.07) is 0.955. The van der Waals surface area contributed by atoms with Crippen molar-refractivity contribution >= 4 is 39.8 Å². The van der Waals surface area contributed by atoms with Gasteiger partial charge in [-0.25, -0.2) is 14.8 Å². The molecule has 0 atom stereocenters. The molecule has 0 aliphatic carbocycles. The minimum absolute atomic E-state index is 0.0367. The Morgan fingerprint density at radius 3 is 2.93 bits per heavy atom. The zero-order valence-electron chi connectivity index (χ0n) is 6.42. The Bertz CT molecular complexity index is 353. The second kappa shape index (κ2) is 5.05. The summed E-state index contributed by atoms with van der Waals surface area (Å²) in [6.07, 6.45) is 0. The lowest BCUT2D eigenvalue weighted by Gasteiger charge is -2.06. The third-order valence-electron chi connectivity index (χ3n) is 1.23. The molecule has 0 radical (unpaired) electrons. The fourth-order valence-electron chi connectivity index (χ4n) is 0.715. The average molecular weight is 285 g/mol. The van der Waals surface area contributed by atoms with E-state index >= 15 is 0 Å². The third kappa shape index (κ3) is 2.51. The van der Waals surface area contributed by atoms with Gasteiger partial charge in [0.05, 0.1) is 5.29 Å². The van der Waals surface area contributed by atoms with Crippen LogP contribution < -0.4 is 10.1 Å². The van der Waals surface area contributed by atoms with Gasteiger partial charge in [0.25, 0.3) is 0 Å². The fourth-order valence-corrected chi connectivity index (χ4v) is 1.24. The topological polar surface area (TPSA) is 66.4 Å². The Balaban J connectivity index is 3.09. The molecule has 1 rings (SSSR count). The molecule has 9 heteroatoms. The minimum atomic E-state index is -0.689. The van der Waals surface area contributed by atoms with Crippen molar-refractivity contribution in [1.82, 2.24) is 4.98 Å². The average Bonchev–Trinajstić information content (AvgIpc) is 2.14. The normalized spacial score (nSPS) is 9.64. The lowest BCUT2D eigenvalue weighted by atomic mass is 10.4. The monoisotopic (exact) mass is 284 g/mol. The predicted octanol–water partition coefficient (Wildman–Crippen LogP) is 3.02. The van der Waals surface area contributed by atoms with Gasteiger partial charge in [-0.05, 0) is 15.9 Å². The molecular formula is C5H3BrF2N4OS. The van der Waals surface area contributed by atoms with Crippen molar-refractivity contribution in [3.63, 3.8) is 0 Å². The number of aromatic nitrogens is 1. The number of nitrogens with one attached hydrogen (secondary N) is 2. The van der Waals surface area contributed by atoms with Gasteiger partial charge in [0.15, 0.2) is 24.0 Å². The molecule has 1 aromatic rings. The Labute approximate surface area is 90.2 Å². The highest BCUT2D eigenvalue weighted by Crippen LogP contribution is 2.27. The van der Waals surface area contributed by atoms with Gasteiger partial charge in [0, 0.05) is 6.07 Å². The number of halogens is 3. The molecule has 1 aromatic heterocycles. The summed E-state index contributed by atoms with van der Waals surface area (Å²) in [5.74, 6) is -0.726. The molecule has 76 valence electrons. The standard InChI is InChI=1S/C5H3BrF2N4OS/c6-4-2(7)1-3(10-12-13)5(9-4)11-14-8/h1H,(H,9,11)(H,10,13). The smallest absolute Gasteiger partial charge is 0.164 e. The van der Waals surface area contributed by atoms with E-state index in [0.29, 0.717) is 0 Å². The molecule has 2 N–H and O–H groups in total. The predicted molar refractivity (Wildman–Crippen MR) is 53.6 cm³/mol. The Kier molecular flexibility index (Phi) is 4.01. The first kappa shape index (κ1) is 11.1. The summed E-state index contributed by atoms with van der Waals surface area (Å²) in [4.78, 5) is 13.5. The summed E-state index contributed by atoms with van der Waals surface area (Å²) >= 11 is 2.58. The molecule has 0 amide bonds. The fraction of sp³-hybridized carbons (Fsp3) is 0. The van der Waals surface area contributed by atoms with E-state index in [4.69, 9.17) is 0 Å². The van der Waals surface area contributed by atoms with E-state index in [2.05, 4.69) is 30.9 Å². The highest BCUT2D eigenvalue weighted by molar-refractivity contribution is 9.10. The van der Waals surface area contributed by atoms with Crippen molar-refractivity contribution in [3.8, 4) is 0 Å². The molecule has 14 heavy (non-hydrogen) atoms. The van der Waals surface area contributed by atoms with E-state index in [-0.39, 0.29) is 28.4 Å². The second-order valence-corrected chi connectivity index (χ2v) is 3.15. The van der Waals surface area contributed by atoms with Gasteiger partial charge in [0.2, 0.25) is 0 Å². The van der Waals surface area contributed by atoms with E-state index in [1.807, 2.05) is 5.43 Å². The van der Waals surface area contributed by atoms with Crippen molar-refractivity contribution in [2.24, 2.45) is 5.29 Å². The Hall–Kier alpha value is -0.960. The van der Waals surface area contributed by atoms with Crippen LogP contribution in [0.3, 0.4) is 0 Å². The van der Waals surface area contributed by atoms with Gasteiger partial charge in [-0.15, -0.1) is 8.79 Å². The largest absolute Gasteiger partial charge is 0.285 e. The quantitative estimate of drug-likeness (QED) is 0.385. The van der Waals surface area contributed by atoms with Gasteiger partial charge in [-0.2, -0.15) is 0 Å². The maximum absolute atomic E-state index is 12.9. The van der Waals surface area contributed by atoms with Crippen LogP contribution in [-0.2, 0) is 0 Å². The number of anilines is 2. The number of rotatable bonds is 4. The highest BCUT2D eigenvalue weighted by Gasteiger charge is 2.10.